The standard InChI is InChI=1S/C30H26ClN3O5S/c1-39-26-10-9-25(33-18-26)17-29(35)20-6-11-27(12-7-20)40(37,38)34-19-21-5-8-23(31)14-22(21)15-30(36)28(34)16-24-4-2-3-13-32-24/h2-14,18,28H,15-17,19H2,1H3/t28-/m1/s1. The lowest BCUT2D eigenvalue weighted by atomic mass is 10.00. The Labute approximate surface area is 237 Å². The summed E-state index contributed by atoms with van der Waals surface area (Å²) in [6.45, 7) is 0.00188. The molecule has 1 atom stereocenters. The van der Waals surface area contributed by atoms with Crippen LogP contribution in [0.25, 0.3) is 0 Å². The fraction of sp³-hybridized carbons (Fsp3) is 0.200. The van der Waals surface area contributed by atoms with E-state index in [1.165, 1.54) is 41.9 Å². The van der Waals surface area contributed by atoms with Gasteiger partial charge in [-0.1, -0.05) is 35.9 Å². The van der Waals surface area contributed by atoms with Gasteiger partial charge < -0.3 is 4.74 Å². The molecule has 1 aliphatic heterocycles. The zero-order chi connectivity index (χ0) is 28.3. The van der Waals surface area contributed by atoms with E-state index in [2.05, 4.69) is 9.97 Å². The first-order valence-electron chi connectivity index (χ1n) is 12.6. The minimum atomic E-state index is -4.14. The van der Waals surface area contributed by atoms with Gasteiger partial charge in [0, 0.05) is 47.6 Å². The lowest BCUT2D eigenvalue weighted by Crippen LogP contribution is -2.45. The Kier molecular flexibility index (Phi) is 8.07. The van der Waals surface area contributed by atoms with Crippen molar-refractivity contribution in [2.75, 3.05) is 7.11 Å². The molecule has 204 valence electrons. The van der Waals surface area contributed by atoms with Crippen LogP contribution < -0.4 is 4.74 Å². The van der Waals surface area contributed by atoms with Gasteiger partial charge in [-0.15, -0.1) is 0 Å². The largest absolute Gasteiger partial charge is 0.495 e. The molecule has 0 N–H and O–H groups in total. The third-order valence-corrected chi connectivity index (χ3v) is 8.97. The normalized spacial score (nSPS) is 15.8. The van der Waals surface area contributed by atoms with Crippen molar-refractivity contribution in [2.24, 2.45) is 0 Å². The van der Waals surface area contributed by atoms with Crippen LogP contribution in [0.4, 0.5) is 0 Å². The quantitative estimate of drug-likeness (QED) is 0.285. The second kappa shape index (κ2) is 11.7. The topological polar surface area (TPSA) is 107 Å². The predicted octanol–water partition coefficient (Wildman–Crippen LogP) is 4.49. The zero-order valence-electron chi connectivity index (χ0n) is 21.7. The molecule has 0 saturated heterocycles. The number of hydrogen-bond acceptors (Lipinski definition) is 7. The lowest BCUT2D eigenvalue weighted by molar-refractivity contribution is -0.121. The van der Waals surface area contributed by atoms with E-state index in [9.17, 15) is 18.0 Å². The molecule has 0 saturated carbocycles. The number of pyridine rings is 2. The van der Waals surface area contributed by atoms with Gasteiger partial charge in [0.2, 0.25) is 10.0 Å². The van der Waals surface area contributed by atoms with Crippen LogP contribution in [0.3, 0.4) is 0 Å². The summed E-state index contributed by atoms with van der Waals surface area (Å²) >= 11 is 6.18. The van der Waals surface area contributed by atoms with Crippen molar-refractivity contribution in [3.8, 4) is 5.75 Å². The number of fused-ring (bicyclic) bond motifs is 1. The minimum Gasteiger partial charge on any atom is -0.495 e. The number of methoxy groups -OCH3 is 1. The lowest BCUT2D eigenvalue weighted by Gasteiger charge is -2.28. The fourth-order valence-corrected chi connectivity index (χ4v) is 6.48. The van der Waals surface area contributed by atoms with Gasteiger partial charge >= 0.3 is 0 Å². The average molecular weight is 576 g/mol. The van der Waals surface area contributed by atoms with Crippen LogP contribution in [0, 0.1) is 0 Å². The summed E-state index contributed by atoms with van der Waals surface area (Å²) in [5, 5.41) is 0.481. The molecule has 0 aliphatic carbocycles. The Morgan fingerprint density at radius 3 is 2.48 bits per heavy atom. The molecule has 10 heteroatoms. The van der Waals surface area contributed by atoms with Crippen LogP contribution in [0.1, 0.15) is 32.9 Å². The first kappa shape index (κ1) is 27.6. The molecule has 8 nitrogen and oxygen atoms in total. The Morgan fingerprint density at radius 1 is 1.00 bits per heavy atom. The number of rotatable bonds is 8. The smallest absolute Gasteiger partial charge is 0.244 e. The number of ketones is 2. The number of benzene rings is 2. The van der Waals surface area contributed by atoms with E-state index in [0.717, 1.165) is 0 Å². The Morgan fingerprint density at radius 2 is 1.80 bits per heavy atom. The van der Waals surface area contributed by atoms with Gasteiger partial charge in [-0.25, -0.2) is 8.42 Å². The van der Waals surface area contributed by atoms with Crippen LogP contribution in [0.2, 0.25) is 5.02 Å². The summed E-state index contributed by atoms with van der Waals surface area (Å²) in [6, 6.07) is 18.7. The predicted molar refractivity (Wildman–Crippen MR) is 150 cm³/mol. The van der Waals surface area contributed by atoms with Crippen LogP contribution in [-0.4, -0.2) is 47.4 Å². The third kappa shape index (κ3) is 5.96. The van der Waals surface area contributed by atoms with Crippen molar-refractivity contribution >= 4 is 33.2 Å². The van der Waals surface area contributed by atoms with E-state index in [-0.39, 0.29) is 42.3 Å². The van der Waals surface area contributed by atoms with Gasteiger partial charge in [0.05, 0.1) is 30.7 Å². The van der Waals surface area contributed by atoms with Crippen molar-refractivity contribution < 1.29 is 22.7 Å². The van der Waals surface area contributed by atoms with Crippen LogP contribution in [-0.2, 0) is 40.6 Å². The molecule has 0 radical (unpaired) electrons. The monoisotopic (exact) mass is 575 g/mol. The van der Waals surface area contributed by atoms with E-state index >= 15 is 0 Å². The first-order chi connectivity index (χ1) is 19.2. The number of ether oxygens (including phenoxy) is 1. The number of sulfonamides is 1. The van der Waals surface area contributed by atoms with Crippen molar-refractivity contribution in [1.29, 1.82) is 0 Å². The third-order valence-electron chi connectivity index (χ3n) is 6.86. The highest BCUT2D eigenvalue weighted by molar-refractivity contribution is 7.89. The summed E-state index contributed by atoms with van der Waals surface area (Å²) < 4.78 is 34.4. The molecule has 40 heavy (non-hydrogen) atoms. The highest BCUT2D eigenvalue weighted by Gasteiger charge is 2.39. The van der Waals surface area contributed by atoms with Gasteiger partial charge in [-0.2, -0.15) is 4.31 Å². The number of nitrogens with zero attached hydrogens (tertiary/aromatic N) is 3. The summed E-state index contributed by atoms with van der Waals surface area (Å²) in [4.78, 5) is 34.9. The van der Waals surface area contributed by atoms with Crippen LogP contribution in [0.15, 0.2) is 90.1 Å². The van der Waals surface area contributed by atoms with Gasteiger partial charge in [0.15, 0.2) is 11.6 Å². The summed E-state index contributed by atoms with van der Waals surface area (Å²) in [6.07, 6.45) is 3.40. The van der Waals surface area contributed by atoms with Gasteiger partial charge in [0.1, 0.15) is 5.75 Å². The SMILES string of the molecule is COc1ccc(CC(=O)c2ccc(S(=O)(=O)N3Cc4ccc(Cl)cc4CC(=O)[C@H]3Cc3ccccn3)cc2)nc1. The Bertz CT molecular complexity index is 1640. The highest BCUT2D eigenvalue weighted by atomic mass is 35.5. The van der Waals surface area contributed by atoms with E-state index in [0.29, 0.717) is 38.9 Å². The van der Waals surface area contributed by atoms with Crippen LogP contribution >= 0.6 is 11.6 Å². The van der Waals surface area contributed by atoms with Gasteiger partial charge in [-0.3, -0.25) is 19.6 Å². The molecule has 0 bridgehead atoms. The first-order valence-corrected chi connectivity index (χ1v) is 14.4. The number of carbonyl (C=O) groups excluding carboxylic acids is 2. The maximum absolute atomic E-state index is 14.0. The molecular weight excluding hydrogens is 550 g/mol. The fourth-order valence-electron chi connectivity index (χ4n) is 4.69. The van der Waals surface area contributed by atoms with E-state index in [4.69, 9.17) is 16.3 Å². The van der Waals surface area contributed by atoms with Crippen molar-refractivity contribution in [1.82, 2.24) is 14.3 Å². The molecule has 5 rings (SSSR count). The molecule has 0 amide bonds. The van der Waals surface area contributed by atoms with Crippen molar-refractivity contribution in [2.45, 2.75) is 36.7 Å². The van der Waals surface area contributed by atoms with E-state index in [1.54, 1.807) is 54.7 Å². The van der Waals surface area contributed by atoms with Crippen molar-refractivity contribution in [3.63, 3.8) is 0 Å². The molecule has 0 unspecified atom stereocenters. The average Bonchev–Trinajstić information content (AvgIpc) is 3.10. The molecule has 1 aliphatic rings. The maximum Gasteiger partial charge on any atom is 0.244 e. The number of aromatic nitrogens is 2. The molecular formula is C30H26ClN3O5S. The molecule has 2 aromatic heterocycles. The van der Waals surface area contributed by atoms with E-state index in [1.807, 2.05) is 0 Å². The number of halogens is 1. The molecule has 3 heterocycles. The molecule has 0 spiro atoms. The molecule has 4 aromatic rings. The second-order valence-electron chi connectivity index (χ2n) is 9.46. The summed E-state index contributed by atoms with van der Waals surface area (Å²) in [5.74, 6) is 0.143. The Balaban J connectivity index is 1.44. The number of Topliss-reactive ketones (excluding diaryl/α,β-unsaturated/α-hetero) is 2. The highest BCUT2D eigenvalue weighted by Crippen LogP contribution is 2.30. The van der Waals surface area contributed by atoms with Crippen molar-refractivity contribution in [3.05, 3.63) is 118 Å². The molecule has 0 fully saturated rings. The number of carbonyl (C=O) groups is 2. The summed E-state index contributed by atoms with van der Waals surface area (Å²) in [7, 11) is -2.60. The van der Waals surface area contributed by atoms with Gasteiger partial charge in [-0.05, 0) is 59.7 Å². The summed E-state index contributed by atoms with van der Waals surface area (Å²) in [5.41, 5.74) is 2.95. The van der Waals surface area contributed by atoms with Crippen LogP contribution in [0.5, 0.6) is 5.75 Å². The van der Waals surface area contributed by atoms with Gasteiger partial charge in [0.25, 0.3) is 0 Å². The Hall–Kier alpha value is -3.92. The van der Waals surface area contributed by atoms with E-state index < -0.39 is 16.1 Å². The maximum atomic E-state index is 14.0. The zero-order valence-corrected chi connectivity index (χ0v) is 23.2. The molecule has 2 aromatic carbocycles. The number of hydrogen-bond donors (Lipinski definition) is 0. The second-order valence-corrected chi connectivity index (χ2v) is 11.8. The minimum absolute atomic E-state index is 0.00188.